The van der Waals surface area contributed by atoms with Gasteiger partial charge < -0.3 is 10.6 Å². The highest BCUT2D eigenvalue weighted by atomic mass is 32.2. The van der Waals surface area contributed by atoms with E-state index in [9.17, 15) is 9.59 Å². The molecule has 6 nitrogen and oxygen atoms in total. The van der Waals surface area contributed by atoms with Crippen LogP contribution in [-0.2, 0) is 10.5 Å². The number of rotatable bonds is 6. The maximum absolute atomic E-state index is 12.7. The number of thioether (sulfide) groups is 1. The molecule has 2 heterocycles. The molecule has 1 unspecified atom stereocenters. The molecule has 0 aliphatic carbocycles. The Kier molecular flexibility index (Phi) is 5.75. The van der Waals surface area contributed by atoms with Gasteiger partial charge >= 0.3 is 0 Å². The van der Waals surface area contributed by atoms with E-state index < -0.39 is 5.91 Å². The fraction of sp³-hybridized carbons (Fsp3) is 0.389. The molecule has 2 aromatic rings. The minimum atomic E-state index is -0.561. The molecule has 2 amide bonds. The van der Waals surface area contributed by atoms with Crippen molar-refractivity contribution < 1.29 is 9.59 Å². The lowest BCUT2D eigenvalue weighted by Gasteiger charge is -2.35. The van der Waals surface area contributed by atoms with Gasteiger partial charge in [-0.2, -0.15) is 5.10 Å². The van der Waals surface area contributed by atoms with E-state index in [2.05, 4.69) is 22.3 Å². The van der Waals surface area contributed by atoms with Crippen LogP contribution in [0.3, 0.4) is 0 Å². The van der Waals surface area contributed by atoms with Gasteiger partial charge in [-0.1, -0.05) is 30.3 Å². The molecule has 1 saturated heterocycles. The minimum absolute atomic E-state index is 0.0563. The third-order valence-electron chi connectivity index (χ3n) is 4.37. The normalized spacial score (nSPS) is 17.4. The largest absolute Gasteiger partial charge is 0.364 e. The number of carbonyl (C=O) groups excluding carboxylic acids is 2. The van der Waals surface area contributed by atoms with E-state index in [0.29, 0.717) is 5.75 Å². The Morgan fingerprint density at radius 1 is 1.28 bits per heavy atom. The van der Waals surface area contributed by atoms with E-state index in [1.807, 2.05) is 23.1 Å². The summed E-state index contributed by atoms with van der Waals surface area (Å²) in [5, 5.41) is 6.82. The fourth-order valence-electron chi connectivity index (χ4n) is 3.10. The topological polar surface area (TPSA) is 92.1 Å². The van der Waals surface area contributed by atoms with Gasteiger partial charge in [0.1, 0.15) is 5.69 Å². The van der Waals surface area contributed by atoms with E-state index in [0.717, 1.165) is 37.3 Å². The Bertz CT molecular complexity index is 732. The number of nitrogens with one attached hydrogen (secondary N) is 1. The van der Waals surface area contributed by atoms with Crippen molar-refractivity contribution in [2.75, 3.05) is 12.3 Å². The monoisotopic (exact) mass is 358 g/mol. The average molecular weight is 358 g/mol. The highest BCUT2D eigenvalue weighted by Crippen LogP contribution is 2.30. The molecule has 3 N–H and O–H groups in total. The first-order valence-corrected chi connectivity index (χ1v) is 9.57. The van der Waals surface area contributed by atoms with Crippen LogP contribution in [0.4, 0.5) is 0 Å². The van der Waals surface area contributed by atoms with Gasteiger partial charge in [0.05, 0.1) is 17.5 Å². The summed E-state index contributed by atoms with van der Waals surface area (Å²) in [6.07, 6.45) is 2.93. The zero-order valence-electron chi connectivity index (χ0n) is 14.0. The van der Waals surface area contributed by atoms with Crippen LogP contribution in [0.1, 0.15) is 47.1 Å². The zero-order valence-corrected chi connectivity index (χ0v) is 14.8. The number of primary amides is 1. The van der Waals surface area contributed by atoms with Crippen LogP contribution in [-0.4, -0.2) is 39.2 Å². The van der Waals surface area contributed by atoms with Crippen LogP contribution in [0.25, 0.3) is 0 Å². The summed E-state index contributed by atoms with van der Waals surface area (Å²) >= 11 is 1.62. The van der Waals surface area contributed by atoms with Crippen molar-refractivity contribution in [1.29, 1.82) is 0 Å². The zero-order chi connectivity index (χ0) is 17.6. The van der Waals surface area contributed by atoms with Crippen LogP contribution in [0.5, 0.6) is 0 Å². The molecule has 132 valence electrons. The molecular formula is C18H22N4O2S. The minimum Gasteiger partial charge on any atom is -0.364 e. The van der Waals surface area contributed by atoms with Crippen LogP contribution >= 0.6 is 11.8 Å². The molecule has 0 radical (unpaired) electrons. The predicted octanol–water partition coefficient (Wildman–Crippen LogP) is 2.50. The van der Waals surface area contributed by atoms with Crippen LogP contribution in [0, 0.1) is 0 Å². The number of amides is 2. The summed E-state index contributed by atoms with van der Waals surface area (Å²) in [6, 6.07) is 11.7. The van der Waals surface area contributed by atoms with Crippen molar-refractivity contribution in [2.45, 2.75) is 31.1 Å². The lowest BCUT2D eigenvalue weighted by atomic mass is 9.99. The third-order valence-corrected chi connectivity index (χ3v) is 5.36. The molecule has 1 atom stereocenters. The van der Waals surface area contributed by atoms with Gasteiger partial charge in [-0.15, -0.1) is 11.8 Å². The summed E-state index contributed by atoms with van der Waals surface area (Å²) in [6.45, 7) is 0.736. The van der Waals surface area contributed by atoms with Gasteiger partial charge in [-0.25, -0.2) is 0 Å². The first kappa shape index (κ1) is 17.5. The summed E-state index contributed by atoms with van der Waals surface area (Å²) in [7, 11) is 0. The Labute approximate surface area is 151 Å². The molecule has 1 fully saturated rings. The fourth-order valence-corrected chi connectivity index (χ4v) is 3.97. The molecule has 3 rings (SSSR count). The highest BCUT2D eigenvalue weighted by Gasteiger charge is 2.29. The van der Waals surface area contributed by atoms with Crippen LogP contribution in [0.15, 0.2) is 36.4 Å². The van der Waals surface area contributed by atoms with Gasteiger partial charge in [0, 0.05) is 12.3 Å². The number of nitrogens with zero attached hydrogens (tertiary/aromatic N) is 2. The number of carbonyl (C=O) groups is 2. The number of hydrogen-bond acceptors (Lipinski definition) is 4. The van der Waals surface area contributed by atoms with Crippen molar-refractivity contribution in [3.63, 3.8) is 0 Å². The Morgan fingerprint density at radius 3 is 2.80 bits per heavy atom. The number of aromatic nitrogens is 2. The smallest absolute Gasteiger partial charge is 0.269 e. The van der Waals surface area contributed by atoms with E-state index in [4.69, 9.17) is 5.73 Å². The lowest BCUT2D eigenvalue weighted by Crippen LogP contribution is -2.39. The van der Waals surface area contributed by atoms with Gasteiger partial charge in [0.25, 0.3) is 5.91 Å². The van der Waals surface area contributed by atoms with E-state index >= 15 is 0 Å². The quantitative estimate of drug-likeness (QED) is 0.830. The lowest BCUT2D eigenvalue weighted by molar-refractivity contribution is -0.132. The van der Waals surface area contributed by atoms with E-state index in [-0.39, 0.29) is 17.6 Å². The molecule has 1 aromatic carbocycles. The van der Waals surface area contributed by atoms with Gasteiger partial charge in [0.15, 0.2) is 0 Å². The number of benzene rings is 1. The Hall–Kier alpha value is -2.28. The van der Waals surface area contributed by atoms with Gasteiger partial charge in [-0.05, 0) is 30.9 Å². The summed E-state index contributed by atoms with van der Waals surface area (Å²) in [5.41, 5.74) is 7.49. The maximum Gasteiger partial charge on any atom is 0.269 e. The number of H-pyrrole nitrogens is 1. The van der Waals surface area contributed by atoms with Crippen LogP contribution in [0.2, 0.25) is 0 Å². The van der Waals surface area contributed by atoms with Gasteiger partial charge in [0.2, 0.25) is 5.91 Å². The molecule has 25 heavy (non-hydrogen) atoms. The molecule has 1 aromatic heterocycles. The maximum atomic E-state index is 12.7. The summed E-state index contributed by atoms with van der Waals surface area (Å²) in [4.78, 5) is 25.8. The van der Waals surface area contributed by atoms with Gasteiger partial charge in [-0.3, -0.25) is 14.7 Å². The second kappa shape index (κ2) is 8.20. The third kappa shape index (κ3) is 4.42. The second-order valence-electron chi connectivity index (χ2n) is 6.15. The number of likely N-dealkylation sites (tertiary alicyclic amines) is 1. The average Bonchev–Trinajstić information content (AvgIpc) is 3.13. The Balaban J connectivity index is 1.61. The number of aromatic amines is 1. The molecule has 1 aliphatic heterocycles. The standard InChI is InChI=1S/C18H22N4O2S/c19-18(24)15-10-14(20-21-15)16-8-4-5-9-22(16)17(23)12-25-11-13-6-2-1-3-7-13/h1-3,6-7,10,16H,4-5,8-9,11-12H2,(H2,19,24)(H,20,21). The van der Waals surface area contributed by atoms with E-state index in [1.165, 1.54) is 5.56 Å². The SMILES string of the molecule is NC(=O)c1cc(C2CCCCN2C(=O)CSCc2ccccc2)[nH]n1. The van der Waals surface area contributed by atoms with Crippen molar-refractivity contribution in [1.82, 2.24) is 15.1 Å². The van der Waals surface area contributed by atoms with Crippen molar-refractivity contribution >= 4 is 23.6 Å². The first-order chi connectivity index (χ1) is 12.1. The summed E-state index contributed by atoms with van der Waals surface area (Å²) < 4.78 is 0. The summed E-state index contributed by atoms with van der Waals surface area (Å²) in [5.74, 6) is 0.832. The molecule has 1 aliphatic rings. The Morgan fingerprint density at radius 2 is 2.08 bits per heavy atom. The molecule has 0 spiro atoms. The first-order valence-electron chi connectivity index (χ1n) is 8.41. The van der Waals surface area contributed by atoms with E-state index in [1.54, 1.807) is 17.8 Å². The molecule has 7 heteroatoms. The number of piperidine rings is 1. The predicted molar refractivity (Wildman–Crippen MR) is 98.0 cm³/mol. The van der Waals surface area contributed by atoms with Crippen LogP contribution < -0.4 is 5.73 Å². The number of nitrogens with two attached hydrogens (primary N) is 1. The van der Waals surface area contributed by atoms with Crippen molar-refractivity contribution in [2.24, 2.45) is 5.73 Å². The molecule has 0 bridgehead atoms. The molecular weight excluding hydrogens is 336 g/mol. The van der Waals surface area contributed by atoms with Crippen molar-refractivity contribution in [3.8, 4) is 0 Å². The molecule has 0 saturated carbocycles. The number of hydrogen-bond donors (Lipinski definition) is 2. The van der Waals surface area contributed by atoms with Crippen molar-refractivity contribution in [3.05, 3.63) is 53.3 Å². The highest BCUT2D eigenvalue weighted by molar-refractivity contribution is 7.99. The second-order valence-corrected chi connectivity index (χ2v) is 7.14.